The van der Waals surface area contributed by atoms with Crippen molar-refractivity contribution in [1.82, 2.24) is 4.57 Å². The van der Waals surface area contributed by atoms with E-state index in [1.165, 1.54) is 34.9 Å². The van der Waals surface area contributed by atoms with Gasteiger partial charge in [-0.05, 0) is 69.2 Å². The third-order valence-electron chi connectivity index (χ3n) is 6.72. The maximum atomic E-state index is 13.7. The molecule has 0 spiro atoms. The molecule has 40 heavy (non-hydrogen) atoms. The molecule has 5 rings (SSSR count). The van der Waals surface area contributed by atoms with E-state index in [0.29, 0.717) is 43.2 Å². The van der Waals surface area contributed by atoms with Crippen molar-refractivity contribution in [2.24, 2.45) is 4.99 Å². The van der Waals surface area contributed by atoms with Crippen LogP contribution in [0, 0.1) is 29.8 Å². The number of fused-ring (bicyclic) bond motifs is 1. The van der Waals surface area contributed by atoms with E-state index < -0.39 is 28.3 Å². The van der Waals surface area contributed by atoms with Crippen LogP contribution in [0.5, 0.6) is 0 Å². The fourth-order valence-corrected chi connectivity index (χ4v) is 5.67. The molecule has 0 radical (unpaired) electrons. The Kier molecular flexibility index (Phi) is 7.07. The van der Waals surface area contributed by atoms with Crippen molar-refractivity contribution in [3.63, 3.8) is 0 Å². The van der Waals surface area contributed by atoms with Gasteiger partial charge in [-0.25, -0.2) is 14.2 Å². The Morgan fingerprint density at radius 2 is 1.93 bits per heavy atom. The van der Waals surface area contributed by atoms with E-state index >= 15 is 0 Å². The first-order chi connectivity index (χ1) is 19.1. The molecule has 11 heteroatoms. The quantitative estimate of drug-likeness (QED) is 0.191. The highest BCUT2D eigenvalue weighted by Crippen LogP contribution is 2.32. The third-order valence-corrected chi connectivity index (χ3v) is 7.71. The number of furan rings is 1. The molecule has 204 valence electrons. The number of nitrogens with zero attached hydrogens (tertiary/aromatic N) is 3. The monoisotopic (exact) mass is 561 g/mol. The zero-order valence-electron chi connectivity index (χ0n) is 22.1. The minimum Gasteiger partial charge on any atom is -0.463 e. The average Bonchev–Trinajstić information content (AvgIpc) is 3.49. The van der Waals surface area contributed by atoms with Gasteiger partial charge in [0.15, 0.2) is 4.80 Å². The van der Waals surface area contributed by atoms with E-state index in [9.17, 15) is 24.1 Å². The SMILES string of the molecule is CCOC(=O)C1=C(C)N=c2s/c(=C\c3ccc(-c4cc(C)c(C)c([N+](=O)[O-])c4)o3)c(=O)n2[C@@H]1c1ccc(F)cc1. The summed E-state index contributed by atoms with van der Waals surface area (Å²) in [6.45, 7) is 6.98. The number of allylic oxidation sites excluding steroid dienone is 1. The van der Waals surface area contributed by atoms with Crippen LogP contribution >= 0.6 is 11.3 Å². The smallest absolute Gasteiger partial charge is 0.338 e. The number of aromatic nitrogens is 1. The third kappa shape index (κ3) is 4.79. The molecular weight excluding hydrogens is 537 g/mol. The Bertz CT molecular complexity index is 1880. The predicted octanol–water partition coefficient (Wildman–Crippen LogP) is 4.72. The van der Waals surface area contributed by atoms with E-state index in [1.54, 1.807) is 52.0 Å². The molecule has 0 saturated heterocycles. The van der Waals surface area contributed by atoms with Crippen molar-refractivity contribution in [2.75, 3.05) is 6.61 Å². The van der Waals surface area contributed by atoms with Crippen molar-refractivity contribution in [3.05, 3.63) is 118 Å². The lowest BCUT2D eigenvalue weighted by molar-refractivity contribution is -0.385. The van der Waals surface area contributed by atoms with E-state index in [4.69, 9.17) is 9.15 Å². The lowest BCUT2D eigenvalue weighted by Gasteiger charge is -2.24. The van der Waals surface area contributed by atoms with E-state index in [0.717, 1.165) is 16.9 Å². The summed E-state index contributed by atoms with van der Waals surface area (Å²) in [4.78, 5) is 42.6. The molecule has 9 nitrogen and oxygen atoms in total. The molecular formula is C29H24FN3O6S. The summed E-state index contributed by atoms with van der Waals surface area (Å²) in [7, 11) is 0. The van der Waals surface area contributed by atoms with Gasteiger partial charge < -0.3 is 9.15 Å². The Morgan fingerprint density at radius 3 is 2.60 bits per heavy atom. The second kappa shape index (κ2) is 10.5. The van der Waals surface area contributed by atoms with Crippen molar-refractivity contribution >= 4 is 29.1 Å². The number of halogens is 1. The van der Waals surface area contributed by atoms with Crippen molar-refractivity contribution < 1.29 is 23.3 Å². The number of ether oxygens (including phenoxy) is 1. The van der Waals surface area contributed by atoms with E-state index in [-0.39, 0.29) is 17.9 Å². The van der Waals surface area contributed by atoms with Crippen LogP contribution in [0.4, 0.5) is 10.1 Å². The van der Waals surface area contributed by atoms with Crippen LogP contribution in [0.25, 0.3) is 17.4 Å². The predicted molar refractivity (Wildman–Crippen MR) is 147 cm³/mol. The van der Waals surface area contributed by atoms with Crippen LogP contribution in [-0.4, -0.2) is 22.1 Å². The summed E-state index contributed by atoms with van der Waals surface area (Å²) in [5.41, 5.74) is 2.59. The van der Waals surface area contributed by atoms with Crippen molar-refractivity contribution in [2.45, 2.75) is 33.7 Å². The summed E-state index contributed by atoms with van der Waals surface area (Å²) >= 11 is 1.12. The first-order valence-corrected chi connectivity index (χ1v) is 13.2. The van der Waals surface area contributed by atoms with Crippen molar-refractivity contribution in [1.29, 1.82) is 0 Å². The summed E-state index contributed by atoms with van der Waals surface area (Å²) in [5.74, 6) is -0.279. The van der Waals surface area contributed by atoms with Crippen LogP contribution in [0.3, 0.4) is 0 Å². The molecule has 2 aromatic heterocycles. The summed E-state index contributed by atoms with van der Waals surface area (Å²) < 4.78 is 26.6. The average molecular weight is 562 g/mol. The van der Waals surface area contributed by atoms with E-state index in [2.05, 4.69) is 4.99 Å². The van der Waals surface area contributed by atoms with Crippen LogP contribution in [-0.2, 0) is 9.53 Å². The molecule has 1 aliphatic rings. The zero-order chi connectivity index (χ0) is 28.7. The minimum atomic E-state index is -0.860. The minimum absolute atomic E-state index is 0.00479. The van der Waals surface area contributed by atoms with Gasteiger partial charge in [-0.15, -0.1) is 0 Å². The number of hydrogen-bond acceptors (Lipinski definition) is 8. The summed E-state index contributed by atoms with van der Waals surface area (Å²) in [6.07, 6.45) is 1.56. The van der Waals surface area contributed by atoms with Gasteiger partial charge in [-0.3, -0.25) is 19.5 Å². The number of carbonyl (C=O) groups excluding carboxylic acids is 1. The zero-order valence-corrected chi connectivity index (χ0v) is 22.9. The molecule has 1 aliphatic heterocycles. The summed E-state index contributed by atoms with van der Waals surface area (Å²) in [5, 5.41) is 11.5. The molecule has 0 saturated carbocycles. The highest BCUT2D eigenvalue weighted by molar-refractivity contribution is 7.07. The maximum absolute atomic E-state index is 13.7. The van der Waals surface area contributed by atoms with Gasteiger partial charge in [-0.2, -0.15) is 0 Å². The Balaban J connectivity index is 1.62. The Labute approximate surface area is 231 Å². The topological polar surface area (TPSA) is 117 Å². The molecule has 0 N–H and O–H groups in total. The number of hydrogen-bond donors (Lipinski definition) is 0. The number of aryl methyl sites for hydroxylation is 1. The highest BCUT2D eigenvalue weighted by atomic mass is 32.1. The fourth-order valence-electron chi connectivity index (χ4n) is 4.64. The highest BCUT2D eigenvalue weighted by Gasteiger charge is 2.33. The number of esters is 1. The van der Waals surface area contributed by atoms with Gasteiger partial charge >= 0.3 is 5.97 Å². The van der Waals surface area contributed by atoms with Crippen molar-refractivity contribution in [3.8, 4) is 11.3 Å². The van der Waals surface area contributed by atoms with Gasteiger partial charge in [0.1, 0.15) is 17.3 Å². The molecule has 0 fully saturated rings. The number of nitro groups is 1. The molecule has 1 atom stereocenters. The fraction of sp³-hybridized carbons (Fsp3) is 0.207. The largest absolute Gasteiger partial charge is 0.463 e. The Hall–Kier alpha value is -4.64. The van der Waals surface area contributed by atoms with Gasteiger partial charge in [0.25, 0.3) is 11.2 Å². The van der Waals surface area contributed by atoms with Gasteiger partial charge in [0.05, 0.1) is 33.4 Å². The van der Waals surface area contributed by atoms with E-state index in [1.807, 2.05) is 0 Å². The molecule has 2 aromatic carbocycles. The first-order valence-electron chi connectivity index (χ1n) is 12.4. The van der Waals surface area contributed by atoms with Gasteiger partial charge in [0, 0.05) is 23.3 Å². The second-order valence-corrected chi connectivity index (χ2v) is 10.3. The number of thiazole rings is 1. The molecule has 3 heterocycles. The van der Waals surface area contributed by atoms with Crippen LogP contribution < -0.4 is 14.9 Å². The molecule has 0 bridgehead atoms. The molecule has 0 amide bonds. The number of carbonyl (C=O) groups is 1. The summed E-state index contributed by atoms with van der Waals surface area (Å²) in [6, 6.07) is 11.3. The van der Waals surface area contributed by atoms with Crippen LogP contribution in [0.2, 0.25) is 0 Å². The van der Waals surface area contributed by atoms with Crippen LogP contribution in [0.1, 0.15) is 42.3 Å². The molecule has 4 aromatic rings. The number of benzene rings is 2. The van der Waals surface area contributed by atoms with Gasteiger partial charge in [-0.1, -0.05) is 23.5 Å². The van der Waals surface area contributed by atoms with Gasteiger partial charge in [0.2, 0.25) is 0 Å². The normalized spacial score (nSPS) is 15.1. The molecule has 0 unspecified atom stereocenters. The lowest BCUT2D eigenvalue weighted by atomic mass is 9.96. The van der Waals surface area contributed by atoms with Crippen LogP contribution in [0.15, 0.2) is 74.0 Å². The number of rotatable bonds is 6. The first kappa shape index (κ1) is 26.9. The standard InChI is InChI=1S/C29H24FN3O6S/c1-5-38-28(35)25-17(4)31-29-32(26(25)18-6-8-20(30)9-7-18)27(34)24(40-29)14-21-10-11-23(39-21)19-12-15(2)16(3)22(13-19)33(36)37/h6-14,26H,5H2,1-4H3/b24-14-/t26-/m1/s1. The lowest BCUT2D eigenvalue weighted by Crippen LogP contribution is -2.39. The second-order valence-electron chi connectivity index (χ2n) is 9.25. The maximum Gasteiger partial charge on any atom is 0.338 e. The molecule has 0 aliphatic carbocycles. The number of nitro benzene ring substituents is 1. The Morgan fingerprint density at radius 1 is 1.20 bits per heavy atom.